The van der Waals surface area contributed by atoms with Gasteiger partial charge in [-0.05, 0) is 11.6 Å². The third kappa shape index (κ3) is 1.56. The molecule has 2 heterocycles. The fourth-order valence-corrected chi connectivity index (χ4v) is 1.38. The molecule has 1 unspecified atom stereocenters. The smallest absolute Gasteiger partial charge is 0.0896 e. The summed E-state index contributed by atoms with van der Waals surface area (Å²) in [5.41, 5.74) is 8.59. The molecule has 0 radical (unpaired) electrons. The Balaban J connectivity index is 2.30. The van der Waals surface area contributed by atoms with E-state index in [-0.39, 0.29) is 12.6 Å². The summed E-state index contributed by atoms with van der Waals surface area (Å²) in [7, 11) is 0. The number of pyridine rings is 1. The fourth-order valence-electron chi connectivity index (χ4n) is 1.38. The number of ether oxygens (including phenoxy) is 1. The van der Waals surface area contributed by atoms with Crippen molar-refractivity contribution in [1.29, 1.82) is 0 Å². The first kappa shape index (κ1) is 8.62. The monoisotopic (exact) mass is 180 g/mol. The average molecular weight is 180 g/mol. The van der Waals surface area contributed by atoms with Gasteiger partial charge in [0, 0.05) is 11.8 Å². The number of hydrogen-bond donors (Lipinski definition) is 2. The zero-order valence-electron chi connectivity index (χ0n) is 7.23. The second kappa shape index (κ2) is 3.41. The molecule has 1 atom stereocenters. The van der Waals surface area contributed by atoms with Gasteiger partial charge in [0.05, 0.1) is 31.6 Å². The molecule has 4 heteroatoms. The van der Waals surface area contributed by atoms with E-state index in [9.17, 15) is 0 Å². The van der Waals surface area contributed by atoms with Crippen LogP contribution in [0.1, 0.15) is 22.9 Å². The van der Waals surface area contributed by atoms with E-state index < -0.39 is 0 Å². The Kier molecular flexibility index (Phi) is 2.26. The van der Waals surface area contributed by atoms with Crippen LogP contribution in [0.25, 0.3) is 0 Å². The number of nitrogens with zero attached hydrogens (tertiary/aromatic N) is 1. The Hall–Kier alpha value is -0.970. The predicted molar refractivity (Wildman–Crippen MR) is 46.7 cm³/mol. The summed E-state index contributed by atoms with van der Waals surface area (Å²) >= 11 is 0. The van der Waals surface area contributed by atoms with E-state index in [0.29, 0.717) is 13.2 Å². The van der Waals surface area contributed by atoms with E-state index in [1.165, 1.54) is 0 Å². The van der Waals surface area contributed by atoms with Crippen LogP contribution in [0.15, 0.2) is 12.3 Å². The molecule has 1 aliphatic rings. The van der Waals surface area contributed by atoms with Gasteiger partial charge < -0.3 is 15.6 Å². The van der Waals surface area contributed by atoms with Crippen LogP contribution < -0.4 is 5.73 Å². The molecule has 1 aromatic heterocycles. The van der Waals surface area contributed by atoms with Gasteiger partial charge in [-0.15, -0.1) is 0 Å². The Morgan fingerprint density at radius 3 is 3.23 bits per heavy atom. The predicted octanol–water partition coefficient (Wildman–Crippen LogP) is 0.104. The highest BCUT2D eigenvalue weighted by atomic mass is 16.5. The molecule has 3 N–H and O–H groups in total. The van der Waals surface area contributed by atoms with Gasteiger partial charge in [-0.1, -0.05) is 0 Å². The first-order valence-electron chi connectivity index (χ1n) is 4.23. The number of aliphatic hydroxyl groups is 1. The second-order valence-corrected chi connectivity index (χ2v) is 3.16. The maximum Gasteiger partial charge on any atom is 0.0896 e. The van der Waals surface area contributed by atoms with Crippen LogP contribution in [0.2, 0.25) is 0 Å². The van der Waals surface area contributed by atoms with Gasteiger partial charge in [-0.2, -0.15) is 0 Å². The Morgan fingerprint density at radius 2 is 2.46 bits per heavy atom. The zero-order valence-corrected chi connectivity index (χ0v) is 7.23. The number of rotatable bonds is 2. The van der Waals surface area contributed by atoms with Crippen molar-refractivity contribution in [2.75, 3.05) is 6.61 Å². The summed E-state index contributed by atoms with van der Waals surface area (Å²) in [6, 6.07) is 1.62. The third-order valence-electron chi connectivity index (χ3n) is 2.20. The molecule has 2 rings (SSSR count). The molecule has 1 aromatic rings. The van der Waals surface area contributed by atoms with E-state index in [0.717, 1.165) is 16.8 Å². The molecule has 0 amide bonds. The number of fused-ring (bicyclic) bond motifs is 1. The molecule has 13 heavy (non-hydrogen) atoms. The van der Waals surface area contributed by atoms with Gasteiger partial charge in [-0.25, -0.2) is 0 Å². The molecular weight excluding hydrogens is 168 g/mol. The highest BCUT2D eigenvalue weighted by molar-refractivity contribution is 5.28. The minimum Gasteiger partial charge on any atom is -0.394 e. The SMILES string of the molecule is NC(CO)c1cnc2c(c1)COC2. The lowest BCUT2D eigenvalue weighted by molar-refractivity contribution is 0.133. The van der Waals surface area contributed by atoms with E-state index in [1.807, 2.05) is 6.07 Å². The van der Waals surface area contributed by atoms with E-state index in [4.69, 9.17) is 15.6 Å². The van der Waals surface area contributed by atoms with Crippen molar-refractivity contribution in [3.63, 3.8) is 0 Å². The van der Waals surface area contributed by atoms with Crippen molar-refractivity contribution in [2.24, 2.45) is 5.73 Å². The molecule has 70 valence electrons. The molecule has 1 aliphatic heterocycles. The van der Waals surface area contributed by atoms with Crippen molar-refractivity contribution in [3.05, 3.63) is 29.1 Å². The standard InChI is InChI=1S/C9H12N2O2/c10-8(3-12)6-1-7-4-13-5-9(7)11-2-6/h1-2,8,12H,3-5,10H2. The molecule has 0 saturated carbocycles. The maximum absolute atomic E-state index is 8.85. The molecule has 0 aliphatic carbocycles. The van der Waals surface area contributed by atoms with E-state index >= 15 is 0 Å². The summed E-state index contributed by atoms with van der Waals surface area (Å²) in [5.74, 6) is 0. The highest BCUT2D eigenvalue weighted by Crippen LogP contribution is 2.20. The lowest BCUT2D eigenvalue weighted by Crippen LogP contribution is -2.15. The minimum atomic E-state index is -0.335. The summed E-state index contributed by atoms with van der Waals surface area (Å²) in [4.78, 5) is 4.21. The molecular formula is C9H12N2O2. The van der Waals surface area contributed by atoms with Crippen LogP contribution in [-0.2, 0) is 18.0 Å². The minimum absolute atomic E-state index is 0.0542. The first-order valence-corrected chi connectivity index (χ1v) is 4.23. The van der Waals surface area contributed by atoms with Crippen LogP contribution in [-0.4, -0.2) is 16.7 Å². The highest BCUT2D eigenvalue weighted by Gasteiger charge is 2.14. The summed E-state index contributed by atoms with van der Waals surface area (Å²) in [6.07, 6.45) is 1.70. The van der Waals surface area contributed by atoms with E-state index in [2.05, 4.69) is 4.98 Å². The van der Waals surface area contributed by atoms with Crippen LogP contribution in [0.3, 0.4) is 0 Å². The largest absolute Gasteiger partial charge is 0.394 e. The second-order valence-electron chi connectivity index (χ2n) is 3.16. The molecule has 0 fully saturated rings. The fraction of sp³-hybridized carbons (Fsp3) is 0.444. The Labute approximate surface area is 76.4 Å². The third-order valence-corrected chi connectivity index (χ3v) is 2.20. The quantitative estimate of drug-likeness (QED) is 0.677. The van der Waals surface area contributed by atoms with Gasteiger partial charge in [0.1, 0.15) is 0 Å². The van der Waals surface area contributed by atoms with Gasteiger partial charge in [0.15, 0.2) is 0 Å². The number of aromatic nitrogens is 1. The van der Waals surface area contributed by atoms with Crippen molar-refractivity contribution in [2.45, 2.75) is 19.3 Å². The first-order chi connectivity index (χ1) is 6.31. The van der Waals surface area contributed by atoms with Crippen molar-refractivity contribution >= 4 is 0 Å². The summed E-state index contributed by atoms with van der Waals surface area (Å²) < 4.78 is 5.22. The van der Waals surface area contributed by atoms with Gasteiger partial charge >= 0.3 is 0 Å². The summed E-state index contributed by atoms with van der Waals surface area (Å²) in [5, 5.41) is 8.85. The average Bonchev–Trinajstić information content (AvgIpc) is 2.63. The Bertz CT molecular complexity index is 314. The summed E-state index contributed by atoms with van der Waals surface area (Å²) in [6.45, 7) is 1.14. The normalized spacial score (nSPS) is 17.1. The van der Waals surface area contributed by atoms with Gasteiger partial charge in [0.2, 0.25) is 0 Å². The van der Waals surface area contributed by atoms with Crippen molar-refractivity contribution in [1.82, 2.24) is 4.98 Å². The Morgan fingerprint density at radius 1 is 1.62 bits per heavy atom. The maximum atomic E-state index is 8.85. The molecule has 0 saturated heterocycles. The topological polar surface area (TPSA) is 68.4 Å². The molecule has 4 nitrogen and oxygen atoms in total. The van der Waals surface area contributed by atoms with Crippen LogP contribution in [0, 0.1) is 0 Å². The lowest BCUT2D eigenvalue weighted by Gasteiger charge is -2.08. The van der Waals surface area contributed by atoms with E-state index in [1.54, 1.807) is 6.20 Å². The van der Waals surface area contributed by atoms with Crippen LogP contribution in [0.5, 0.6) is 0 Å². The molecule has 0 spiro atoms. The lowest BCUT2D eigenvalue weighted by atomic mass is 10.1. The zero-order chi connectivity index (χ0) is 9.26. The van der Waals surface area contributed by atoms with Crippen LogP contribution >= 0.6 is 0 Å². The van der Waals surface area contributed by atoms with Crippen molar-refractivity contribution in [3.8, 4) is 0 Å². The number of hydrogen-bond acceptors (Lipinski definition) is 4. The number of aliphatic hydroxyl groups excluding tert-OH is 1. The number of nitrogens with two attached hydrogens (primary N) is 1. The van der Waals surface area contributed by atoms with Crippen molar-refractivity contribution < 1.29 is 9.84 Å². The van der Waals surface area contributed by atoms with Gasteiger partial charge in [-0.3, -0.25) is 4.98 Å². The molecule has 0 bridgehead atoms. The van der Waals surface area contributed by atoms with Gasteiger partial charge in [0.25, 0.3) is 0 Å². The van der Waals surface area contributed by atoms with Crippen LogP contribution in [0.4, 0.5) is 0 Å². The molecule has 0 aromatic carbocycles.